The average Bonchev–Trinajstić information content (AvgIpc) is 2.91. The highest BCUT2D eigenvalue weighted by atomic mass is 35.5. The Balaban J connectivity index is 1.84. The SMILES string of the molecule is Fc1ccc(-c2ccc(Cc3ccccc3Cl)s2)cn1. The predicted molar refractivity (Wildman–Crippen MR) is 81.8 cm³/mol. The lowest BCUT2D eigenvalue weighted by Gasteiger charge is -2.01. The molecule has 0 aliphatic heterocycles. The molecule has 20 heavy (non-hydrogen) atoms. The maximum Gasteiger partial charge on any atom is 0.212 e. The van der Waals surface area contributed by atoms with E-state index in [9.17, 15) is 4.39 Å². The summed E-state index contributed by atoms with van der Waals surface area (Å²) < 4.78 is 12.8. The summed E-state index contributed by atoms with van der Waals surface area (Å²) in [5, 5.41) is 0.783. The molecule has 0 aliphatic carbocycles. The van der Waals surface area contributed by atoms with E-state index in [1.54, 1.807) is 23.6 Å². The number of aromatic nitrogens is 1. The molecule has 0 N–H and O–H groups in total. The molecule has 0 aliphatic rings. The van der Waals surface area contributed by atoms with Crippen molar-refractivity contribution in [3.8, 4) is 10.4 Å². The van der Waals surface area contributed by atoms with Crippen LogP contribution in [0.4, 0.5) is 4.39 Å². The minimum absolute atomic E-state index is 0.457. The molecule has 2 heterocycles. The number of thiophene rings is 1. The Labute approximate surface area is 125 Å². The van der Waals surface area contributed by atoms with E-state index in [1.165, 1.54) is 10.9 Å². The highest BCUT2D eigenvalue weighted by molar-refractivity contribution is 7.15. The van der Waals surface area contributed by atoms with Crippen molar-refractivity contribution in [2.75, 3.05) is 0 Å². The molecule has 0 unspecified atom stereocenters. The van der Waals surface area contributed by atoms with Gasteiger partial charge in [-0.1, -0.05) is 29.8 Å². The molecule has 3 aromatic rings. The lowest BCUT2D eigenvalue weighted by molar-refractivity contribution is 0.584. The molecule has 0 spiro atoms. The van der Waals surface area contributed by atoms with Crippen LogP contribution in [0.15, 0.2) is 54.7 Å². The Kier molecular flexibility index (Phi) is 3.81. The lowest BCUT2D eigenvalue weighted by Crippen LogP contribution is -1.84. The van der Waals surface area contributed by atoms with Gasteiger partial charge in [-0.05, 0) is 35.9 Å². The minimum atomic E-state index is -0.457. The van der Waals surface area contributed by atoms with Crippen molar-refractivity contribution in [3.05, 3.63) is 76.1 Å². The molecule has 0 radical (unpaired) electrons. The molecule has 4 heteroatoms. The quantitative estimate of drug-likeness (QED) is 0.606. The summed E-state index contributed by atoms with van der Waals surface area (Å²) in [6, 6.07) is 15.1. The van der Waals surface area contributed by atoms with Crippen LogP contribution in [-0.4, -0.2) is 4.98 Å². The number of nitrogens with zero attached hydrogens (tertiary/aromatic N) is 1. The van der Waals surface area contributed by atoms with E-state index in [4.69, 9.17) is 11.6 Å². The van der Waals surface area contributed by atoms with Crippen molar-refractivity contribution in [1.82, 2.24) is 4.98 Å². The van der Waals surface area contributed by atoms with E-state index in [0.29, 0.717) is 0 Å². The van der Waals surface area contributed by atoms with Gasteiger partial charge in [0.2, 0.25) is 5.95 Å². The summed E-state index contributed by atoms with van der Waals surface area (Å²) in [7, 11) is 0. The third kappa shape index (κ3) is 2.89. The fraction of sp³-hybridized carbons (Fsp3) is 0.0625. The summed E-state index contributed by atoms with van der Waals surface area (Å²) in [6.07, 6.45) is 2.36. The van der Waals surface area contributed by atoms with Gasteiger partial charge in [0.05, 0.1) is 0 Å². The van der Waals surface area contributed by atoms with Gasteiger partial charge >= 0.3 is 0 Å². The first-order valence-electron chi connectivity index (χ1n) is 6.16. The highest BCUT2D eigenvalue weighted by Gasteiger charge is 2.06. The second-order valence-electron chi connectivity index (χ2n) is 4.40. The number of hydrogen-bond acceptors (Lipinski definition) is 2. The van der Waals surface area contributed by atoms with Crippen LogP contribution in [0.1, 0.15) is 10.4 Å². The van der Waals surface area contributed by atoms with Crippen molar-refractivity contribution >= 4 is 22.9 Å². The molecule has 0 saturated carbocycles. The Morgan fingerprint density at radius 2 is 1.90 bits per heavy atom. The maximum atomic E-state index is 12.8. The van der Waals surface area contributed by atoms with Gasteiger partial charge in [-0.2, -0.15) is 4.39 Å². The van der Waals surface area contributed by atoms with Crippen LogP contribution in [0.25, 0.3) is 10.4 Å². The van der Waals surface area contributed by atoms with Crippen LogP contribution in [0, 0.1) is 5.95 Å². The summed E-state index contributed by atoms with van der Waals surface area (Å²) in [5.41, 5.74) is 2.04. The van der Waals surface area contributed by atoms with E-state index in [0.717, 1.165) is 27.4 Å². The van der Waals surface area contributed by atoms with Crippen LogP contribution in [0.5, 0.6) is 0 Å². The molecule has 1 aromatic carbocycles. The first-order valence-corrected chi connectivity index (χ1v) is 7.36. The second-order valence-corrected chi connectivity index (χ2v) is 5.98. The van der Waals surface area contributed by atoms with E-state index < -0.39 is 5.95 Å². The van der Waals surface area contributed by atoms with Gasteiger partial charge in [0.25, 0.3) is 0 Å². The molecule has 3 rings (SSSR count). The molecule has 0 bridgehead atoms. The summed E-state index contributed by atoms with van der Waals surface area (Å²) in [4.78, 5) is 5.98. The second kappa shape index (κ2) is 5.73. The van der Waals surface area contributed by atoms with E-state index >= 15 is 0 Å². The number of pyridine rings is 1. The monoisotopic (exact) mass is 303 g/mol. The van der Waals surface area contributed by atoms with E-state index in [-0.39, 0.29) is 0 Å². The Hall–Kier alpha value is -1.71. The number of halogens is 2. The van der Waals surface area contributed by atoms with Crippen LogP contribution >= 0.6 is 22.9 Å². The third-order valence-electron chi connectivity index (χ3n) is 3.00. The Morgan fingerprint density at radius 1 is 1.05 bits per heavy atom. The summed E-state index contributed by atoms with van der Waals surface area (Å²) in [6.45, 7) is 0. The number of benzene rings is 1. The maximum absolute atomic E-state index is 12.8. The molecule has 0 saturated heterocycles. The van der Waals surface area contributed by atoms with E-state index in [1.807, 2.05) is 30.3 Å². The fourth-order valence-corrected chi connectivity index (χ4v) is 3.20. The smallest absolute Gasteiger partial charge is 0.212 e. The van der Waals surface area contributed by atoms with Crippen LogP contribution in [0.2, 0.25) is 5.02 Å². The van der Waals surface area contributed by atoms with Gasteiger partial charge in [-0.15, -0.1) is 11.3 Å². The van der Waals surface area contributed by atoms with Crippen molar-refractivity contribution in [2.24, 2.45) is 0 Å². The van der Waals surface area contributed by atoms with Crippen LogP contribution in [0.3, 0.4) is 0 Å². The zero-order chi connectivity index (χ0) is 13.9. The Bertz CT molecular complexity index is 721. The first kappa shape index (κ1) is 13.3. The van der Waals surface area contributed by atoms with Crippen molar-refractivity contribution in [2.45, 2.75) is 6.42 Å². The molecule has 0 atom stereocenters. The number of hydrogen-bond donors (Lipinski definition) is 0. The lowest BCUT2D eigenvalue weighted by atomic mass is 10.1. The van der Waals surface area contributed by atoms with Gasteiger partial charge < -0.3 is 0 Å². The first-order chi connectivity index (χ1) is 9.72. The van der Waals surface area contributed by atoms with Gasteiger partial charge in [0.15, 0.2) is 0 Å². The van der Waals surface area contributed by atoms with Gasteiger partial charge in [-0.25, -0.2) is 4.98 Å². The predicted octanol–water partition coefficient (Wildman–Crippen LogP) is 5.19. The van der Waals surface area contributed by atoms with Gasteiger partial charge in [0, 0.05) is 33.0 Å². The average molecular weight is 304 g/mol. The molecular formula is C16H11ClFNS. The fourth-order valence-electron chi connectivity index (χ4n) is 1.98. The van der Waals surface area contributed by atoms with Gasteiger partial charge in [0.1, 0.15) is 0 Å². The summed E-state index contributed by atoms with van der Waals surface area (Å²) in [5.74, 6) is -0.457. The van der Waals surface area contributed by atoms with Gasteiger partial charge in [-0.3, -0.25) is 0 Å². The zero-order valence-corrected chi connectivity index (χ0v) is 12.1. The number of rotatable bonds is 3. The molecule has 100 valence electrons. The zero-order valence-electron chi connectivity index (χ0n) is 10.5. The minimum Gasteiger partial charge on any atom is -0.228 e. The molecule has 0 amide bonds. The topological polar surface area (TPSA) is 12.9 Å². The standard InChI is InChI=1S/C16H11ClFNS/c17-14-4-2-1-3-11(14)9-13-6-7-15(20-13)12-5-8-16(18)19-10-12/h1-8,10H,9H2. The third-order valence-corrected chi connectivity index (χ3v) is 4.50. The Morgan fingerprint density at radius 3 is 2.65 bits per heavy atom. The molecular weight excluding hydrogens is 293 g/mol. The van der Waals surface area contributed by atoms with Crippen LogP contribution in [-0.2, 0) is 6.42 Å². The highest BCUT2D eigenvalue weighted by Crippen LogP contribution is 2.30. The normalized spacial score (nSPS) is 10.7. The van der Waals surface area contributed by atoms with Crippen molar-refractivity contribution in [3.63, 3.8) is 0 Å². The molecule has 0 fully saturated rings. The summed E-state index contributed by atoms with van der Waals surface area (Å²) >= 11 is 7.84. The van der Waals surface area contributed by atoms with Crippen LogP contribution < -0.4 is 0 Å². The molecule has 1 nitrogen and oxygen atoms in total. The largest absolute Gasteiger partial charge is 0.228 e. The van der Waals surface area contributed by atoms with Crippen molar-refractivity contribution in [1.29, 1.82) is 0 Å². The molecule has 2 aromatic heterocycles. The van der Waals surface area contributed by atoms with Crippen molar-refractivity contribution < 1.29 is 4.39 Å². The van der Waals surface area contributed by atoms with E-state index in [2.05, 4.69) is 11.1 Å².